The quantitative estimate of drug-likeness (QED) is 0.614. The van der Waals surface area contributed by atoms with Crippen molar-refractivity contribution in [1.29, 1.82) is 0 Å². The zero-order valence-corrected chi connectivity index (χ0v) is 18.6. The number of nitrogens with zero attached hydrogens (tertiary/aromatic N) is 4. The van der Waals surface area contributed by atoms with Gasteiger partial charge in [-0.1, -0.05) is 0 Å². The molecule has 176 valence electrons. The lowest BCUT2D eigenvalue weighted by Gasteiger charge is -2.29. The summed E-state index contributed by atoms with van der Waals surface area (Å²) in [5, 5.41) is 4.95. The molecule has 0 spiro atoms. The molecular formula is C23H24N6O5. The van der Waals surface area contributed by atoms with E-state index in [0.717, 1.165) is 19.5 Å². The first-order valence-corrected chi connectivity index (χ1v) is 11.1. The van der Waals surface area contributed by atoms with Gasteiger partial charge in [0.1, 0.15) is 12.1 Å². The standard InChI is InChI=1S/C23H24N6O5/c1-28-9-7-15(12-28)34-19-6-8-24-23(26-19)27-20(31)13-2-3-16-14(10-13)11-29(22(16)33)17-4-5-18(30)25-21(17)32/h2-3,6,8,10,15,17H,4-5,7,9,11-12H2,1H3,(H,25,30,32)(H,24,26,27,31). The van der Waals surface area contributed by atoms with Crippen LogP contribution >= 0.6 is 0 Å². The number of likely N-dealkylation sites (tertiary alicyclic amines) is 1. The fourth-order valence-corrected chi connectivity index (χ4v) is 4.52. The first-order valence-electron chi connectivity index (χ1n) is 11.1. The summed E-state index contributed by atoms with van der Waals surface area (Å²) in [6.07, 6.45) is 2.95. The number of fused-ring (bicyclic) bond motifs is 1. The number of rotatable bonds is 5. The van der Waals surface area contributed by atoms with Gasteiger partial charge in [-0.15, -0.1) is 0 Å². The molecule has 5 rings (SSSR count). The summed E-state index contributed by atoms with van der Waals surface area (Å²) in [4.78, 5) is 61.3. The minimum atomic E-state index is -0.703. The molecule has 4 amide bonds. The summed E-state index contributed by atoms with van der Waals surface area (Å²) in [7, 11) is 2.03. The number of ether oxygens (including phenoxy) is 1. The van der Waals surface area contributed by atoms with Gasteiger partial charge in [0, 0.05) is 49.4 Å². The molecule has 2 unspecified atom stereocenters. The number of nitrogens with one attached hydrogen (secondary N) is 2. The van der Waals surface area contributed by atoms with Crippen LogP contribution in [0.3, 0.4) is 0 Å². The van der Waals surface area contributed by atoms with Gasteiger partial charge in [0.25, 0.3) is 11.8 Å². The Morgan fingerprint density at radius 3 is 2.82 bits per heavy atom. The van der Waals surface area contributed by atoms with Crippen molar-refractivity contribution in [3.63, 3.8) is 0 Å². The first-order chi connectivity index (χ1) is 16.4. The van der Waals surface area contributed by atoms with Crippen molar-refractivity contribution in [2.24, 2.45) is 0 Å². The van der Waals surface area contributed by atoms with Crippen LogP contribution in [0, 0.1) is 0 Å². The van der Waals surface area contributed by atoms with E-state index in [2.05, 4.69) is 25.5 Å². The third kappa shape index (κ3) is 4.34. The molecule has 0 bridgehead atoms. The third-order valence-electron chi connectivity index (χ3n) is 6.28. The van der Waals surface area contributed by atoms with Gasteiger partial charge in [0.05, 0.1) is 0 Å². The second kappa shape index (κ2) is 8.82. The van der Waals surface area contributed by atoms with E-state index in [1.807, 2.05) is 7.05 Å². The van der Waals surface area contributed by atoms with Crippen molar-refractivity contribution in [3.8, 4) is 5.88 Å². The van der Waals surface area contributed by atoms with Crippen molar-refractivity contribution in [2.75, 3.05) is 25.5 Å². The molecule has 1 aromatic heterocycles. The van der Waals surface area contributed by atoms with Crippen molar-refractivity contribution < 1.29 is 23.9 Å². The fraction of sp³-hybridized carbons (Fsp3) is 0.391. The Morgan fingerprint density at radius 1 is 1.21 bits per heavy atom. The molecule has 0 radical (unpaired) electrons. The molecule has 1 aromatic carbocycles. The fourth-order valence-electron chi connectivity index (χ4n) is 4.52. The number of carbonyl (C=O) groups is 4. The van der Waals surface area contributed by atoms with Crippen LogP contribution in [0.1, 0.15) is 45.5 Å². The predicted octanol–water partition coefficient (Wildman–Crippen LogP) is 0.573. The van der Waals surface area contributed by atoms with Gasteiger partial charge in [-0.3, -0.25) is 29.8 Å². The lowest BCUT2D eigenvalue weighted by molar-refractivity contribution is -0.136. The molecule has 34 heavy (non-hydrogen) atoms. The molecule has 2 fully saturated rings. The van der Waals surface area contributed by atoms with Crippen LogP contribution in [0.5, 0.6) is 5.88 Å². The summed E-state index contributed by atoms with van der Waals surface area (Å²) >= 11 is 0. The average Bonchev–Trinajstić information content (AvgIpc) is 3.36. The van der Waals surface area contributed by atoms with Crippen LogP contribution in [0.15, 0.2) is 30.5 Å². The van der Waals surface area contributed by atoms with E-state index in [4.69, 9.17) is 4.74 Å². The van der Waals surface area contributed by atoms with Gasteiger partial charge >= 0.3 is 0 Å². The summed E-state index contributed by atoms with van der Waals surface area (Å²) in [5.74, 6) is -1.01. The molecule has 2 atom stereocenters. The Morgan fingerprint density at radius 2 is 2.06 bits per heavy atom. The largest absolute Gasteiger partial charge is 0.473 e. The number of hydrogen-bond donors (Lipinski definition) is 2. The Bertz CT molecular complexity index is 1180. The normalized spacial score (nSPS) is 22.5. The Hall–Kier alpha value is -3.86. The minimum absolute atomic E-state index is 0.0463. The van der Waals surface area contributed by atoms with E-state index in [1.54, 1.807) is 24.3 Å². The van der Waals surface area contributed by atoms with Gasteiger partial charge in [0.15, 0.2) is 0 Å². The lowest BCUT2D eigenvalue weighted by atomic mass is 10.0. The summed E-state index contributed by atoms with van der Waals surface area (Å²) in [6, 6.07) is 5.71. The summed E-state index contributed by atoms with van der Waals surface area (Å²) in [5.41, 5.74) is 1.42. The van der Waals surface area contributed by atoms with Crippen LogP contribution in [0.2, 0.25) is 0 Å². The van der Waals surface area contributed by atoms with Crippen molar-refractivity contribution in [1.82, 2.24) is 25.1 Å². The maximum atomic E-state index is 12.8. The molecule has 2 N–H and O–H groups in total. The van der Waals surface area contributed by atoms with Gasteiger partial charge in [-0.05, 0) is 43.7 Å². The minimum Gasteiger partial charge on any atom is -0.473 e. The number of anilines is 1. The molecule has 4 heterocycles. The predicted molar refractivity (Wildman–Crippen MR) is 119 cm³/mol. The highest BCUT2D eigenvalue weighted by Gasteiger charge is 2.39. The summed E-state index contributed by atoms with van der Waals surface area (Å²) in [6.45, 7) is 1.97. The molecule has 2 saturated heterocycles. The number of piperidine rings is 1. The molecule has 11 nitrogen and oxygen atoms in total. The SMILES string of the molecule is CN1CCC(Oc2ccnc(NC(=O)c3ccc4c(c3)CN(C3CCC(=O)NC3=O)C4=O)n2)C1. The van der Waals surface area contributed by atoms with Crippen LogP contribution < -0.4 is 15.4 Å². The Kier molecular flexibility index (Phi) is 5.70. The number of benzene rings is 1. The second-order valence-electron chi connectivity index (χ2n) is 8.74. The van der Waals surface area contributed by atoms with E-state index < -0.39 is 17.9 Å². The van der Waals surface area contributed by atoms with Crippen LogP contribution in [-0.4, -0.2) is 75.7 Å². The summed E-state index contributed by atoms with van der Waals surface area (Å²) < 4.78 is 5.89. The highest BCUT2D eigenvalue weighted by Crippen LogP contribution is 2.28. The van der Waals surface area contributed by atoms with Crippen molar-refractivity contribution in [3.05, 3.63) is 47.2 Å². The zero-order chi connectivity index (χ0) is 23.8. The average molecular weight is 464 g/mol. The van der Waals surface area contributed by atoms with Crippen LogP contribution in [-0.2, 0) is 16.1 Å². The van der Waals surface area contributed by atoms with E-state index in [9.17, 15) is 19.2 Å². The van der Waals surface area contributed by atoms with Crippen molar-refractivity contribution >= 4 is 29.6 Å². The molecule has 2 aromatic rings. The highest BCUT2D eigenvalue weighted by atomic mass is 16.5. The number of carbonyl (C=O) groups excluding carboxylic acids is 4. The van der Waals surface area contributed by atoms with Crippen molar-refractivity contribution in [2.45, 2.75) is 38.0 Å². The number of hydrogen-bond acceptors (Lipinski definition) is 8. The van der Waals surface area contributed by atoms with Gasteiger partial charge < -0.3 is 14.5 Å². The van der Waals surface area contributed by atoms with Crippen LogP contribution in [0.4, 0.5) is 5.95 Å². The maximum Gasteiger partial charge on any atom is 0.258 e. The van der Waals surface area contributed by atoms with Crippen LogP contribution in [0.25, 0.3) is 0 Å². The van der Waals surface area contributed by atoms with Gasteiger partial charge in [-0.25, -0.2) is 4.98 Å². The van der Waals surface area contributed by atoms with Gasteiger partial charge in [-0.2, -0.15) is 4.98 Å². The smallest absolute Gasteiger partial charge is 0.258 e. The zero-order valence-electron chi connectivity index (χ0n) is 18.6. The van der Waals surface area contributed by atoms with E-state index >= 15 is 0 Å². The molecule has 11 heteroatoms. The lowest BCUT2D eigenvalue weighted by Crippen LogP contribution is -2.52. The number of aromatic nitrogens is 2. The number of amides is 4. The number of imide groups is 1. The molecule has 3 aliphatic heterocycles. The maximum absolute atomic E-state index is 12.8. The highest BCUT2D eigenvalue weighted by molar-refractivity contribution is 6.07. The first kappa shape index (κ1) is 22.0. The molecular weight excluding hydrogens is 440 g/mol. The molecule has 3 aliphatic rings. The van der Waals surface area contributed by atoms with Gasteiger partial charge in [0.2, 0.25) is 23.6 Å². The van der Waals surface area contributed by atoms with E-state index in [0.29, 0.717) is 22.6 Å². The topological polar surface area (TPSA) is 134 Å². The second-order valence-corrected chi connectivity index (χ2v) is 8.74. The Labute approximate surface area is 195 Å². The van der Waals surface area contributed by atoms with E-state index in [-0.39, 0.29) is 43.3 Å². The van der Waals surface area contributed by atoms with E-state index in [1.165, 1.54) is 11.1 Å². The molecule has 0 saturated carbocycles. The third-order valence-corrected chi connectivity index (χ3v) is 6.28. The Balaban J connectivity index is 1.26. The molecule has 0 aliphatic carbocycles. The monoisotopic (exact) mass is 464 g/mol. The number of likely N-dealkylation sites (N-methyl/N-ethyl adjacent to an activating group) is 1.